The monoisotopic (exact) mass is 308 g/mol. The number of sulfonamides is 1. The molecule has 0 saturated carbocycles. The van der Waals surface area contributed by atoms with Crippen LogP contribution < -0.4 is 10.2 Å². The van der Waals surface area contributed by atoms with Crippen LogP contribution in [0.25, 0.3) is 0 Å². The maximum atomic E-state index is 12.2. The standard InChI is InChI=1S/C14H16N2O4S/c1-16(9-10-20-12-5-3-2-4-6-12)21(18,19)14-11-15-8-7-13(14)17/h2-8,11H,9-10H2,1H3,(H,15,17). The summed E-state index contributed by atoms with van der Waals surface area (Å²) in [6.07, 6.45) is 2.58. The number of aromatic amines is 1. The van der Waals surface area contributed by atoms with Crippen molar-refractivity contribution in [3.8, 4) is 5.75 Å². The molecule has 0 aliphatic rings. The van der Waals surface area contributed by atoms with E-state index in [0.29, 0.717) is 5.75 Å². The molecule has 1 heterocycles. The van der Waals surface area contributed by atoms with E-state index < -0.39 is 15.5 Å². The number of nitrogens with zero attached hydrogens (tertiary/aromatic N) is 1. The van der Waals surface area contributed by atoms with Crippen molar-refractivity contribution in [2.75, 3.05) is 20.2 Å². The van der Waals surface area contributed by atoms with Gasteiger partial charge in [-0.25, -0.2) is 8.42 Å². The fraction of sp³-hybridized carbons (Fsp3) is 0.214. The van der Waals surface area contributed by atoms with E-state index in [2.05, 4.69) is 4.98 Å². The lowest BCUT2D eigenvalue weighted by atomic mass is 10.3. The maximum Gasteiger partial charge on any atom is 0.248 e. The molecular weight excluding hydrogens is 292 g/mol. The average molecular weight is 308 g/mol. The van der Waals surface area contributed by atoms with Crippen molar-refractivity contribution >= 4 is 10.0 Å². The molecule has 21 heavy (non-hydrogen) atoms. The summed E-state index contributed by atoms with van der Waals surface area (Å²) in [4.78, 5) is 13.9. The molecule has 1 aromatic carbocycles. The molecule has 7 heteroatoms. The van der Waals surface area contributed by atoms with E-state index in [4.69, 9.17) is 4.74 Å². The summed E-state index contributed by atoms with van der Waals surface area (Å²) in [6, 6.07) is 10.3. The van der Waals surface area contributed by atoms with E-state index in [0.717, 1.165) is 4.31 Å². The number of nitrogens with one attached hydrogen (secondary N) is 1. The molecule has 0 aliphatic carbocycles. The largest absolute Gasteiger partial charge is 0.492 e. The summed E-state index contributed by atoms with van der Waals surface area (Å²) in [7, 11) is -2.40. The normalized spacial score (nSPS) is 11.5. The van der Waals surface area contributed by atoms with Crippen LogP contribution in [0.1, 0.15) is 0 Å². The number of H-pyrrole nitrogens is 1. The van der Waals surface area contributed by atoms with Gasteiger partial charge in [0.15, 0.2) is 0 Å². The first-order valence-electron chi connectivity index (χ1n) is 6.33. The van der Waals surface area contributed by atoms with E-state index in [1.165, 1.54) is 25.5 Å². The molecule has 0 unspecified atom stereocenters. The number of rotatable bonds is 6. The highest BCUT2D eigenvalue weighted by Crippen LogP contribution is 2.10. The van der Waals surface area contributed by atoms with Crippen LogP contribution in [0, 0.1) is 0 Å². The Labute approximate surface area is 123 Å². The van der Waals surface area contributed by atoms with Gasteiger partial charge in [0, 0.05) is 32.1 Å². The number of pyridine rings is 1. The van der Waals surface area contributed by atoms with Crippen LogP contribution in [0.5, 0.6) is 5.75 Å². The average Bonchev–Trinajstić information content (AvgIpc) is 2.48. The van der Waals surface area contributed by atoms with Crippen molar-refractivity contribution in [1.29, 1.82) is 0 Å². The summed E-state index contributed by atoms with van der Waals surface area (Å²) < 4.78 is 31.0. The summed E-state index contributed by atoms with van der Waals surface area (Å²) in [6.45, 7) is 0.343. The van der Waals surface area contributed by atoms with Gasteiger partial charge in [-0.15, -0.1) is 0 Å². The lowest BCUT2D eigenvalue weighted by Crippen LogP contribution is -2.33. The minimum atomic E-state index is -3.81. The first-order chi connectivity index (χ1) is 10.0. The van der Waals surface area contributed by atoms with Crippen molar-refractivity contribution in [2.45, 2.75) is 4.90 Å². The predicted octanol–water partition coefficient (Wildman–Crippen LogP) is 1.07. The van der Waals surface area contributed by atoms with Gasteiger partial charge in [-0.3, -0.25) is 4.79 Å². The van der Waals surface area contributed by atoms with E-state index >= 15 is 0 Å². The first-order valence-corrected chi connectivity index (χ1v) is 7.77. The molecule has 6 nitrogen and oxygen atoms in total. The summed E-state index contributed by atoms with van der Waals surface area (Å²) in [5, 5.41) is 0. The van der Waals surface area contributed by atoms with Gasteiger partial charge in [0.2, 0.25) is 15.5 Å². The predicted molar refractivity (Wildman–Crippen MR) is 78.8 cm³/mol. The third kappa shape index (κ3) is 3.71. The minimum Gasteiger partial charge on any atom is -0.492 e. The number of hydrogen-bond acceptors (Lipinski definition) is 4. The number of aromatic nitrogens is 1. The lowest BCUT2D eigenvalue weighted by Gasteiger charge is -2.16. The molecule has 2 rings (SSSR count). The van der Waals surface area contributed by atoms with Crippen molar-refractivity contribution in [1.82, 2.24) is 9.29 Å². The van der Waals surface area contributed by atoms with Gasteiger partial charge >= 0.3 is 0 Å². The highest BCUT2D eigenvalue weighted by molar-refractivity contribution is 7.89. The van der Waals surface area contributed by atoms with Gasteiger partial charge in [0.05, 0.1) is 0 Å². The zero-order chi connectivity index (χ0) is 15.3. The highest BCUT2D eigenvalue weighted by Gasteiger charge is 2.23. The number of benzene rings is 1. The Bertz CT molecular complexity index is 741. The molecule has 0 aliphatic heterocycles. The molecule has 0 amide bonds. The van der Waals surface area contributed by atoms with Crippen molar-refractivity contribution in [3.63, 3.8) is 0 Å². The molecule has 1 N–H and O–H groups in total. The molecule has 0 bridgehead atoms. The molecular formula is C14H16N2O4S. The van der Waals surface area contributed by atoms with Crippen molar-refractivity contribution in [3.05, 3.63) is 59.0 Å². The second-order valence-electron chi connectivity index (χ2n) is 4.36. The summed E-state index contributed by atoms with van der Waals surface area (Å²) in [5.74, 6) is 0.667. The second kappa shape index (κ2) is 6.55. The van der Waals surface area contributed by atoms with E-state index in [-0.39, 0.29) is 18.0 Å². The zero-order valence-electron chi connectivity index (χ0n) is 11.5. The van der Waals surface area contributed by atoms with Crippen LogP contribution in [0.3, 0.4) is 0 Å². The van der Waals surface area contributed by atoms with Gasteiger partial charge in [0.1, 0.15) is 17.3 Å². The zero-order valence-corrected chi connectivity index (χ0v) is 12.3. The number of para-hydroxylation sites is 1. The molecule has 0 spiro atoms. The van der Waals surface area contributed by atoms with Crippen molar-refractivity contribution in [2.24, 2.45) is 0 Å². The van der Waals surface area contributed by atoms with Crippen LogP contribution in [-0.2, 0) is 10.0 Å². The molecule has 0 fully saturated rings. The molecule has 112 valence electrons. The topological polar surface area (TPSA) is 79.5 Å². The van der Waals surface area contributed by atoms with Crippen LogP contribution in [0.4, 0.5) is 0 Å². The number of hydrogen-bond donors (Lipinski definition) is 1. The SMILES string of the molecule is CN(CCOc1ccccc1)S(=O)(=O)c1c[nH]ccc1=O. The quantitative estimate of drug-likeness (QED) is 0.866. The van der Waals surface area contributed by atoms with E-state index in [1.54, 1.807) is 12.1 Å². The van der Waals surface area contributed by atoms with E-state index in [9.17, 15) is 13.2 Å². The fourth-order valence-corrected chi connectivity index (χ4v) is 2.89. The Kier molecular flexibility index (Phi) is 4.77. The third-order valence-electron chi connectivity index (χ3n) is 2.89. The Hall–Kier alpha value is -2.12. The molecule has 0 saturated heterocycles. The van der Waals surface area contributed by atoms with Crippen LogP contribution in [0.15, 0.2) is 58.5 Å². The summed E-state index contributed by atoms with van der Waals surface area (Å²) in [5.41, 5.74) is -0.537. The summed E-state index contributed by atoms with van der Waals surface area (Å²) >= 11 is 0. The van der Waals surface area contributed by atoms with E-state index in [1.807, 2.05) is 18.2 Å². The number of ether oxygens (including phenoxy) is 1. The minimum absolute atomic E-state index is 0.144. The molecule has 2 aromatic rings. The smallest absolute Gasteiger partial charge is 0.248 e. The van der Waals surface area contributed by atoms with Gasteiger partial charge in [-0.1, -0.05) is 18.2 Å². The Morgan fingerprint density at radius 3 is 2.57 bits per heavy atom. The fourth-order valence-electron chi connectivity index (χ4n) is 1.70. The molecule has 0 atom stereocenters. The lowest BCUT2D eigenvalue weighted by molar-refractivity contribution is 0.287. The van der Waals surface area contributed by atoms with Crippen LogP contribution >= 0.6 is 0 Å². The van der Waals surface area contributed by atoms with Gasteiger partial charge in [0.25, 0.3) is 0 Å². The van der Waals surface area contributed by atoms with Gasteiger partial charge in [-0.2, -0.15) is 4.31 Å². The molecule has 1 aromatic heterocycles. The Morgan fingerprint density at radius 1 is 1.19 bits per heavy atom. The number of likely N-dealkylation sites (N-methyl/N-ethyl adjacent to an activating group) is 1. The van der Waals surface area contributed by atoms with Gasteiger partial charge < -0.3 is 9.72 Å². The van der Waals surface area contributed by atoms with Crippen molar-refractivity contribution < 1.29 is 13.2 Å². The molecule has 0 radical (unpaired) electrons. The van der Waals surface area contributed by atoms with Gasteiger partial charge in [-0.05, 0) is 12.1 Å². The Balaban J connectivity index is 2.01. The van der Waals surface area contributed by atoms with Crippen LogP contribution in [0.2, 0.25) is 0 Å². The Morgan fingerprint density at radius 2 is 1.90 bits per heavy atom. The maximum absolute atomic E-state index is 12.2. The van der Waals surface area contributed by atoms with Crippen LogP contribution in [-0.4, -0.2) is 37.9 Å². The third-order valence-corrected chi connectivity index (χ3v) is 4.77. The highest BCUT2D eigenvalue weighted by atomic mass is 32.2. The first kappa shape index (κ1) is 15.3. The second-order valence-corrected chi connectivity index (χ2v) is 6.37.